The SMILES string of the molecule is NC(=O)CCP(=O)(O)CN1CCN(CP(=O)(O)CO)CCN(CP(=O)(O)CO)CC1. The van der Waals surface area contributed by atoms with E-state index >= 15 is 0 Å². The fraction of sp³-hybridized carbons (Fsp3) is 0.929. The van der Waals surface area contributed by atoms with Gasteiger partial charge < -0.3 is 30.6 Å². The molecule has 0 aromatic rings. The number of aliphatic hydroxyl groups excluding tert-OH is 2. The summed E-state index contributed by atoms with van der Waals surface area (Å²) in [6, 6.07) is 0. The van der Waals surface area contributed by atoms with E-state index in [1.54, 1.807) is 14.7 Å². The minimum atomic E-state index is -3.79. The largest absolute Gasteiger partial charge is 0.386 e. The zero-order valence-electron chi connectivity index (χ0n) is 16.8. The van der Waals surface area contributed by atoms with Crippen molar-refractivity contribution in [1.82, 2.24) is 14.7 Å². The number of aliphatic hydroxyl groups is 2. The van der Waals surface area contributed by atoms with Gasteiger partial charge in [-0.1, -0.05) is 0 Å². The summed E-state index contributed by atoms with van der Waals surface area (Å²) in [4.78, 5) is 45.5. The van der Waals surface area contributed by atoms with Crippen molar-refractivity contribution in [3.05, 3.63) is 0 Å². The molecule has 178 valence electrons. The number of carbonyl (C=O) groups excluding carboxylic acids is 1. The van der Waals surface area contributed by atoms with Crippen molar-refractivity contribution in [1.29, 1.82) is 0 Å². The quantitative estimate of drug-likeness (QED) is 0.179. The van der Waals surface area contributed by atoms with Crippen LogP contribution in [0.5, 0.6) is 0 Å². The van der Waals surface area contributed by atoms with Crippen LogP contribution in [0.4, 0.5) is 0 Å². The normalized spacial score (nSPS) is 24.0. The van der Waals surface area contributed by atoms with Crippen molar-refractivity contribution in [3.63, 3.8) is 0 Å². The van der Waals surface area contributed by atoms with Gasteiger partial charge in [-0.3, -0.25) is 33.2 Å². The maximum absolute atomic E-state index is 12.4. The molecule has 3 atom stereocenters. The van der Waals surface area contributed by atoms with Crippen LogP contribution < -0.4 is 5.73 Å². The van der Waals surface area contributed by atoms with Gasteiger partial charge in [-0.15, -0.1) is 0 Å². The van der Waals surface area contributed by atoms with Crippen LogP contribution in [0, 0.1) is 0 Å². The highest BCUT2D eigenvalue weighted by Gasteiger charge is 2.29. The molecule has 1 aliphatic rings. The molecule has 0 saturated carbocycles. The molecule has 7 N–H and O–H groups in total. The Balaban J connectivity index is 2.93. The zero-order valence-corrected chi connectivity index (χ0v) is 19.5. The van der Waals surface area contributed by atoms with Gasteiger partial charge in [0, 0.05) is 51.9 Å². The predicted molar refractivity (Wildman–Crippen MR) is 112 cm³/mol. The van der Waals surface area contributed by atoms with Gasteiger partial charge in [0.25, 0.3) is 0 Å². The van der Waals surface area contributed by atoms with E-state index in [0.29, 0.717) is 0 Å². The molecular formula is C14H33N4O9P3. The second-order valence-corrected chi connectivity index (χ2v) is 14.5. The minimum Gasteiger partial charge on any atom is -0.386 e. The van der Waals surface area contributed by atoms with E-state index < -0.39 is 40.7 Å². The van der Waals surface area contributed by atoms with E-state index in [1.807, 2.05) is 0 Å². The summed E-state index contributed by atoms with van der Waals surface area (Å²) in [7, 11) is -11.3. The Bertz CT molecular complexity index is 672. The molecule has 0 aliphatic carbocycles. The number of carbonyl (C=O) groups is 1. The zero-order chi connectivity index (χ0) is 23.0. The van der Waals surface area contributed by atoms with E-state index in [4.69, 9.17) is 15.9 Å². The van der Waals surface area contributed by atoms with Crippen LogP contribution >= 0.6 is 22.1 Å². The Morgan fingerprint density at radius 2 is 1.00 bits per heavy atom. The van der Waals surface area contributed by atoms with Gasteiger partial charge in [-0.05, 0) is 0 Å². The van der Waals surface area contributed by atoms with Gasteiger partial charge in [0.1, 0.15) is 12.7 Å². The smallest absolute Gasteiger partial charge is 0.238 e. The minimum absolute atomic E-state index is 0.227. The van der Waals surface area contributed by atoms with Gasteiger partial charge >= 0.3 is 0 Å². The first kappa shape index (κ1) is 27.9. The molecule has 1 saturated heterocycles. The molecule has 13 nitrogen and oxygen atoms in total. The highest BCUT2D eigenvalue weighted by atomic mass is 31.2. The summed E-state index contributed by atoms with van der Waals surface area (Å²) in [5.41, 5.74) is 5.04. The number of nitrogens with zero attached hydrogens (tertiary/aromatic N) is 3. The van der Waals surface area contributed by atoms with Gasteiger partial charge in [-0.2, -0.15) is 0 Å². The average Bonchev–Trinajstić information content (AvgIpc) is 2.72. The van der Waals surface area contributed by atoms with Gasteiger partial charge in [0.2, 0.25) is 28.0 Å². The Morgan fingerprint density at radius 3 is 1.27 bits per heavy atom. The molecule has 0 aromatic heterocycles. The van der Waals surface area contributed by atoms with Crippen molar-refractivity contribution in [3.8, 4) is 0 Å². The first-order valence-corrected chi connectivity index (χ1v) is 15.5. The molecule has 1 rings (SSSR count). The number of rotatable bonds is 11. The number of nitrogens with two attached hydrogens (primary N) is 1. The van der Waals surface area contributed by atoms with Crippen molar-refractivity contribution in [2.75, 3.05) is 77.0 Å². The summed E-state index contributed by atoms with van der Waals surface area (Å²) in [5, 5.41) is 18.2. The third-order valence-corrected chi connectivity index (χ3v) is 8.94. The molecular weight excluding hydrogens is 461 g/mol. The van der Waals surface area contributed by atoms with Crippen molar-refractivity contribution < 1.29 is 43.4 Å². The second-order valence-electron chi connectivity index (χ2n) is 7.54. The van der Waals surface area contributed by atoms with E-state index in [9.17, 15) is 33.2 Å². The molecule has 0 spiro atoms. The number of hydrogen-bond donors (Lipinski definition) is 6. The number of amides is 1. The molecule has 0 bridgehead atoms. The average molecular weight is 494 g/mol. The first-order valence-electron chi connectivity index (χ1n) is 9.37. The Hall–Kier alpha value is -0.160. The molecule has 30 heavy (non-hydrogen) atoms. The van der Waals surface area contributed by atoms with Crippen molar-refractivity contribution in [2.45, 2.75) is 6.42 Å². The predicted octanol–water partition coefficient (Wildman–Crippen LogP) is -1.64. The Morgan fingerprint density at radius 1 is 0.700 bits per heavy atom. The maximum Gasteiger partial charge on any atom is 0.238 e. The third-order valence-electron chi connectivity index (χ3n) is 4.61. The molecule has 0 radical (unpaired) electrons. The van der Waals surface area contributed by atoms with Gasteiger partial charge in [0.05, 0.1) is 18.9 Å². The Kier molecular flexibility index (Phi) is 11.3. The highest BCUT2D eigenvalue weighted by molar-refractivity contribution is 7.58. The summed E-state index contributed by atoms with van der Waals surface area (Å²) >= 11 is 0. The summed E-state index contributed by atoms with van der Waals surface area (Å²) in [5.74, 6) is -0.684. The van der Waals surface area contributed by atoms with Crippen LogP contribution in [-0.4, -0.2) is 122 Å². The van der Waals surface area contributed by atoms with Crippen LogP contribution in [0.1, 0.15) is 6.42 Å². The summed E-state index contributed by atoms with van der Waals surface area (Å²) in [6.45, 7) is 1.62. The molecule has 1 aliphatic heterocycles. The van der Waals surface area contributed by atoms with E-state index in [2.05, 4.69) is 0 Å². The lowest BCUT2D eigenvalue weighted by Gasteiger charge is -2.28. The Labute approximate surface area is 175 Å². The topological polar surface area (TPSA) is 205 Å². The summed E-state index contributed by atoms with van der Waals surface area (Å²) < 4.78 is 36.3. The fourth-order valence-electron chi connectivity index (χ4n) is 2.99. The van der Waals surface area contributed by atoms with E-state index in [0.717, 1.165) is 0 Å². The third kappa shape index (κ3) is 11.5. The lowest BCUT2D eigenvalue weighted by atomic mass is 10.5. The van der Waals surface area contributed by atoms with Crippen molar-refractivity contribution in [2.24, 2.45) is 5.73 Å². The monoisotopic (exact) mass is 494 g/mol. The van der Waals surface area contributed by atoms with Crippen LogP contribution in [0.3, 0.4) is 0 Å². The lowest BCUT2D eigenvalue weighted by molar-refractivity contribution is -0.117. The van der Waals surface area contributed by atoms with Crippen LogP contribution in [0.15, 0.2) is 0 Å². The molecule has 1 amide bonds. The van der Waals surface area contributed by atoms with Gasteiger partial charge in [-0.25, -0.2) is 0 Å². The standard InChI is InChI=1S/C14H33N4O9P3/c15-14(21)1-8-28(22,23)9-16-2-4-17(10-29(24,25)12-19)6-7-18(5-3-16)11-30(26,27)13-20/h19-20H,1-13H2,(H2,15,21)(H,22,23)(H,24,25)(H,26,27). The number of primary amides is 1. The molecule has 1 fully saturated rings. The molecule has 3 unspecified atom stereocenters. The lowest BCUT2D eigenvalue weighted by Crippen LogP contribution is -2.37. The van der Waals surface area contributed by atoms with E-state index in [-0.39, 0.29) is 70.7 Å². The summed E-state index contributed by atoms with van der Waals surface area (Å²) in [6.07, 6.45) is -3.07. The fourth-order valence-corrected chi connectivity index (χ4v) is 6.60. The van der Waals surface area contributed by atoms with Crippen molar-refractivity contribution >= 4 is 28.0 Å². The van der Waals surface area contributed by atoms with Crippen LogP contribution in [-0.2, 0) is 18.5 Å². The maximum atomic E-state index is 12.4. The van der Waals surface area contributed by atoms with Crippen LogP contribution in [0.2, 0.25) is 0 Å². The van der Waals surface area contributed by atoms with E-state index in [1.165, 1.54) is 0 Å². The van der Waals surface area contributed by atoms with Crippen LogP contribution in [0.25, 0.3) is 0 Å². The molecule has 0 aromatic carbocycles. The molecule has 16 heteroatoms. The van der Waals surface area contributed by atoms with Gasteiger partial charge in [0.15, 0.2) is 0 Å². The second kappa shape index (κ2) is 12.2. The molecule has 1 heterocycles. The first-order chi connectivity index (χ1) is 13.8. The highest BCUT2D eigenvalue weighted by Crippen LogP contribution is 2.43. The number of hydrogen-bond acceptors (Lipinski definition) is 9.